The zero-order valence-electron chi connectivity index (χ0n) is 20.5. The van der Waals surface area contributed by atoms with Crippen LogP contribution in [0, 0.1) is 23.7 Å². The van der Waals surface area contributed by atoms with E-state index in [4.69, 9.17) is 0 Å². The van der Waals surface area contributed by atoms with Crippen molar-refractivity contribution in [1.82, 2.24) is 10.2 Å². The topological polar surface area (TPSA) is 32.3 Å². The molecule has 1 aromatic rings. The van der Waals surface area contributed by atoms with Crippen LogP contribution in [0.1, 0.15) is 102 Å². The summed E-state index contributed by atoms with van der Waals surface area (Å²) in [6.45, 7) is 7.21. The summed E-state index contributed by atoms with van der Waals surface area (Å²) in [6, 6.07) is 8.94. The molecular weight excluding hydrogens is 392 g/mol. The molecular formula is C29H44N2O. The third kappa shape index (κ3) is 7.66. The van der Waals surface area contributed by atoms with Crippen molar-refractivity contribution in [2.45, 2.75) is 103 Å². The second kappa shape index (κ2) is 13.7. The largest absolute Gasteiger partial charge is 0.335 e. The van der Waals surface area contributed by atoms with Crippen LogP contribution in [0.5, 0.6) is 0 Å². The Labute approximate surface area is 196 Å². The maximum Gasteiger partial charge on any atom is 0.226 e. The standard InChI is InChI=1S/C29H44N2O/c1-3-5-7-9-24-11-13-26(14-12-24)23-31(28-19-21-30-22-20-28)29(32)27-17-15-25(16-18-27)10-8-6-4-2/h11-14,25,27-28,30H,3-6,8,10,15-23H2,1-2H3. The number of hydrogen-bond acceptors (Lipinski definition) is 2. The van der Waals surface area contributed by atoms with Crippen molar-refractivity contribution >= 4 is 5.91 Å². The van der Waals surface area contributed by atoms with Crippen molar-refractivity contribution in [3.8, 4) is 11.8 Å². The zero-order valence-corrected chi connectivity index (χ0v) is 20.5. The van der Waals surface area contributed by atoms with Crippen molar-refractivity contribution in [2.24, 2.45) is 11.8 Å². The minimum absolute atomic E-state index is 0.228. The van der Waals surface area contributed by atoms with Gasteiger partial charge in [-0.1, -0.05) is 63.5 Å². The van der Waals surface area contributed by atoms with Gasteiger partial charge in [0.2, 0.25) is 5.91 Å². The lowest BCUT2D eigenvalue weighted by atomic mass is 9.79. The van der Waals surface area contributed by atoms with E-state index in [0.717, 1.165) is 69.6 Å². The monoisotopic (exact) mass is 436 g/mol. The van der Waals surface area contributed by atoms with E-state index in [2.05, 4.69) is 60.2 Å². The highest BCUT2D eigenvalue weighted by molar-refractivity contribution is 5.79. The van der Waals surface area contributed by atoms with Crippen molar-refractivity contribution in [1.29, 1.82) is 0 Å². The molecule has 1 saturated heterocycles. The predicted octanol–water partition coefficient (Wildman–Crippen LogP) is 6.31. The summed E-state index contributed by atoms with van der Waals surface area (Å²) in [5, 5.41) is 3.46. The van der Waals surface area contributed by atoms with Crippen LogP contribution >= 0.6 is 0 Å². The van der Waals surface area contributed by atoms with Gasteiger partial charge in [0.05, 0.1) is 0 Å². The van der Waals surface area contributed by atoms with Gasteiger partial charge in [-0.25, -0.2) is 0 Å². The van der Waals surface area contributed by atoms with E-state index in [1.807, 2.05) is 0 Å². The van der Waals surface area contributed by atoms with E-state index in [-0.39, 0.29) is 5.92 Å². The highest BCUT2D eigenvalue weighted by Gasteiger charge is 2.33. The van der Waals surface area contributed by atoms with E-state index in [1.54, 1.807) is 0 Å². The summed E-state index contributed by atoms with van der Waals surface area (Å²) in [5.74, 6) is 7.96. The van der Waals surface area contributed by atoms with Crippen LogP contribution in [-0.4, -0.2) is 29.9 Å². The van der Waals surface area contributed by atoms with E-state index < -0.39 is 0 Å². The van der Waals surface area contributed by atoms with Crippen LogP contribution < -0.4 is 5.32 Å². The highest BCUT2D eigenvalue weighted by Crippen LogP contribution is 2.34. The Bertz CT molecular complexity index is 731. The number of nitrogens with one attached hydrogen (secondary N) is 1. The summed E-state index contributed by atoms with van der Waals surface area (Å²) in [5.41, 5.74) is 2.30. The molecule has 2 fully saturated rings. The number of carbonyl (C=O) groups excluding carboxylic acids is 1. The molecule has 1 saturated carbocycles. The molecule has 1 aliphatic carbocycles. The number of hydrogen-bond donors (Lipinski definition) is 1. The molecule has 2 aliphatic rings. The lowest BCUT2D eigenvalue weighted by Gasteiger charge is -2.38. The number of amides is 1. The average Bonchev–Trinajstić information content (AvgIpc) is 2.84. The second-order valence-electron chi connectivity index (χ2n) is 9.91. The van der Waals surface area contributed by atoms with Gasteiger partial charge in [0.25, 0.3) is 0 Å². The van der Waals surface area contributed by atoms with E-state index in [1.165, 1.54) is 44.1 Å². The Morgan fingerprint density at radius 1 is 0.969 bits per heavy atom. The minimum atomic E-state index is 0.228. The van der Waals surface area contributed by atoms with Crippen molar-refractivity contribution in [3.63, 3.8) is 0 Å². The van der Waals surface area contributed by atoms with Gasteiger partial charge in [0.15, 0.2) is 0 Å². The molecule has 32 heavy (non-hydrogen) atoms. The van der Waals surface area contributed by atoms with Gasteiger partial charge in [-0.15, -0.1) is 0 Å². The lowest BCUT2D eigenvalue weighted by Crippen LogP contribution is -2.48. The van der Waals surface area contributed by atoms with Crippen LogP contribution in [0.25, 0.3) is 0 Å². The van der Waals surface area contributed by atoms with E-state index >= 15 is 0 Å². The third-order valence-corrected chi connectivity index (χ3v) is 7.36. The first-order valence-electron chi connectivity index (χ1n) is 13.3. The fraction of sp³-hybridized carbons (Fsp3) is 0.690. The molecule has 3 nitrogen and oxygen atoms in total. The summed E-state index contributed by atoms with van der Waals surface area (Å²) in [4.78, 5) is 15.9. The Balaban J connectivity index is 1.62. The van der Waals surface area contributed by atoms with Gasteiger partial charge in [-0.2, -0.15) is 0 Å². The molecule has 1 aliphatic heterocycles. The van der Waals surface area contributed by atoms with Gasteiger partial charge in [-0.3, -0.25) is 4.79 Å². The molecule has 1 heterocycles. The van der Waals surface area contributed by atoms with Crippen LogP contribution in [0.3, 0.4) is 0 Å². The summed E-state index contributed by atoms with van der Waals surface area (Å²) >= 11 is 0. The fourth-order valence-corrected chi connectivity index (χ4v) is 5.30. The Kier molecular flexibility index (Phi) is 10.6. The molecule has 1 N–H and O–H groups in total. The Morgan fingerprint density at radius 3 is 2.34 bits per heavy atom. The molecule has 176 valence electrons. The van der Waals surface area contributed by atoms with E-state index in [9.17, 15) is 4.79 Å². The Hall–Kier alpha value is -1.79. The van der Waals surface area contributed by atoms with Crippen molar-refractivity contribution < 1.29 is 4.79 Å². The number of rotatable bonds is 9. The highest BCUT2D eigenvalue weighted by atomic mass is 16.2. The molecule has 0 spiro atoms. The molecule has 0 atom stereocenters. The Morgan fingerprint density at radius 2 is 1.69 bits per heavy atom. The molecule has 3 heteroatoms. The quantitative estimate of drug-likeness (QED) is 0.364. The van der Waals surface area contributed by atoms with Crippen molar-refractivity contribution in [3.05, 3.63) is 35.4 Å². The van der Waals surface area contributed by atoms with Crippen LogP contribution in [0.2, 0.25) is 0 Å². The normalized spacial score (nSPS) is 21.6. The van der Waals surface area contributed by atoms with Gasteiger partial charge in [-0.05, 0) is 81.6 Å². The van der Waals surface area contributed by atoms with Gasteiger partial charge < -0.3 is 10.2 Å². The fourth-order valence-electron chi connectivity index (χ4n) is 5.30. The zero-order chi connectivity index (χ0) is 22.6. The van der Waals surface area contributed by atoms with Gasteiger partial charge >= 0.3 is 0 Å². The molecule has 0 radical (unpaired) electrons. The van der Waals surface area contributed by atoms with Gasteiger partial charge in [0.1, 0.15) is 0 Å². The second-order valence-corrected chi connectivity index (χ2v) is 9.91. The number of nitrogens with zero attached hydrogens (tertiary/aromatic N) is 1. The number of unbranched alkanes of at least 4 members (excludes halogenated alkanes) is 3. The minimum Gasteiger partial charge on any atom is -0.335 e. The summed E-state index contributed by atoms with van der Waals surface area (Å²) < 4.78 is 0. The van der Waals surface area contributed by atoms with E-state index in [0.29, 0.717) is 11.9 Å². The molecule has 3 rings (SSSR count). The number of carbonyl (C=O) groups is 1. The number of benzene rings is 1. The average molecular weight is 437 g/mol. The van der Waals surface area contributed by atoms with Crippen LogP contribution in [0.15, 0.2) is 24.3 Å². The maximum absolute atomic E-state index is 13.7. The SMILES string of the molecule is CCCC#Cc1ccc(CN(C(=O)C2CCC(CCCCC)CC2)C2CCNCC2)cc1. The summed E-state index contributed by atoms with van der Waals surface area (Å²) in [6.07, 6.45) is 14.2. The first kappa shape index (κ1) is 24.8. The summed E-state index contributed by atoms with van der Waals surface area (Å²) in [7, 11) is 0. The van der Waals surface area contributed by atoms with Crippen molar-refractivity contribution in [2.75, 3.05) is 13.1 Å². The first-order chi connectivity index (χ1) is 15.7. The molecule has 0 unspecified atom stereocenters. The predicted molar refractivity (Wildman–Crippen MR) is 134 cm³/mol. The van der Waals surface area contributed by atoms with Crippen LogP contribution in [-0.2, 0) is 11.3 Å². The van der Waals surface area contributed by atoms with Gasteiger partial charge in [0, 0.05) is 30.5 Å². The molecule has 1 aromatic carbocycles. The molecule has 1 amide bonds. The van der Waals surface area contributed by atoms with Crippen LogP contribution in [0.4, 0.5) is 0 Å². The number of piperidine rings is 1. The maximum atomic E-state index is 13.7. The smallest absolute Gasteiger partial charge is 0.226 e. The first-order valence-corrected chi connectivity index (χ1v) is 13.3. The lowest BCUT2D eigenvalue weighted by molar-refractivity contribution is -0.140. The third-order valence-electron chi connectivity index (χ3n) is 7.36. The molecule has 0 aromatic heterocycles. The molecule has 0 bridgehead atoms.